The first kappa shape index (κ1) is 27.1. The van der Waals surface area contributed by atoms with Crippen molar-refractivity contribution in [3.8, 4) is 28.0 Å². The topological polar surface area (TPSA) is 29.5 Å². The number of hydrogen-bond donors (Lipinski definition) is 1. The van der Waals surface area contributed by atoms with E-state index in [2.05, 4.69) is 0 Å². The molecular formula is C32H28F4O2. The molecular weight excluding hydrogens is 492 g/mol. The minimum atomic E-state index is -1.05. The number of aliphatic hydroxyl groups excluding tert-OH is 1. The molecule has 0 heterocycles. The fourth-order valence-corrected chi connectivity index (χ4v) is 4.22. The minimum Gasteiger partial charge on any atom is -0.491 e. The van der Waals surface area contributed by atoms with E-state index in [1.165, 1.54) is 30.3 Å². The van der Waals surface area contributed by atoms with Gasteiger partial charge in [-0.2, -0.15) is 4.39 Å². The molecule has 6 heteroatoms. The van der Waals surface area contributed by atoms with E-state index in [4.69, 9.17) is 4.74 Å². The zero-order chi connectivity index (χ0) is 27.2. The van der Waals surface area contributed by atoms with Crippen molar-refractivity contribution < 1.29 is 27.4 Å². The minimum absolute atomic E-state index is 0.0617. The van der Waals surface area contributed by atoms with Crippen LogP contribution in [-0.4, -0.2) is 11.7 Å². The largest absolute Gasteiger partial charge is 0.491 e. The third-order valence-electron chi connectivity index (χ3n) is 6.30. The molecule has 1 N–H and O–H groups in total. The summed E-state index contributed by atoms with van der Waals surface area (Å²) in [5, 5.41) is 10.1. The Kier molecular flexibility index (Phi) is 8.64. The van der Waals surface area contributed by atoms with Crippen molar-refractivity contribution in [1.82, 2.24) is 0 Å². The number of rotatable bonds is 9. The summed E-state index contributed by atoms with van der Waals surface area (Å²) in [5.41, 5.74) is 2.69. The van der Waals surface area contributed by atoms with Gasteiger partial charge in [-0.1, -0.05) is 86.2 Å². The summed E-state index contributed by atoms with van der Waals surface area (Å²) in [7, 11) is 0. The Morgan fingerprint density at radius 2 is 1.26 bits per heavy atom. The molecule has 0 aromatic heterocycles. The molecule has 2 nitrogen and oxygen atoms in total. The monoisotopic (exact) mass is 520 g/mol. The van der Waals surface area contributed by atoms with Crippen molar-refractivity contribution in [3.63, 3.8) is 0 Å². The summed E-state index contributed by atoms with van der Waals surface area (Å²) in [6, 6.07) is 19.3. The Morgan fingerprint density at radius 1 is 0.684 bits per heavy atom. The first-order valence-electron chi connectivity index (χ1n) is 12.5. The van der Waals surface area contributed by atoms with Crippen LogP contribution in [0.4, 0.5) is 17.6 Å². The summed E-state index contributed by atoms with van der Waals surface area (Å²) >= 11 is 0. The first-order valence-corrected chi connectivity index (χ1v) is 12.5. The van der Waals surface area contributed by atoms with Gasteiger partial charge >= 0.3 is 0 Å². The van der Waals surface area contributed by atoms with Gasteiger partial charge in [-0.15, -0.1) is 0 Å². The van der Waals surface area contributed by atoms with Crippen molar-refractivity contribution in [2.45, 2.75) is 32.8 Å². The Balaban J connectivity index is 1.53. The van der Waals surface area contributed by atoms with Crippen LogP contribution in [-0.2, 0) is 0 Å². The van der Waals surface area contributed by atoms with Gasteiger partial charge in [0.05, 0.1) is 12.7 Å². The molecule has 0 aliphatic rings. The molecule has 1 atom stereocenters. The number of benzene rings is 4. The number of hydrogen-bond acceptors (Lipinski definition) is 2. The lowest BCUT2D eigenvalue weighted by Crippen LogP contribution is -1.98. The molecule has 196 valence electrons. The zero-order valence-corrected chi connectivity index (χ0v) is 21.1. The van der Waals surface area contributed by atoms with Gasteiger partial charge in [-0.05, 0) is 47.7 Å². The van der Waals surface area contributed by atoms with E-state index >= 15 is 8.78 Å². The van der Waals surface area contributed by atoms with Crippen molar-refractivity contribution in [2.24, 2.45) is 0 Å². The van der Waals surface area contributed by atoms with Crippen LogP contribution in [0, 0.1) is 23.3 Å². The lowest BCUT2D eigenvalue weighted by Gasteiger charge is -2.12. The second-order valence-corrected chi connectivity index (χ2v) is 8.88. The maximum atomic E-state index is 15.1. The zero-order valence-electron chi connectivity index (χ0n) is 21.1. The fraction of sp³-hybridized carbons (Fsp3) is 0.188. The van der Waals surface area contributed by atoms with Crippen molar-refractivity contribution in [3.05, 3.63) is 113 Å². The predicted molar refractivity (Wildman–Crippen MR) is 144 cm³/mol. The Labute approximate surface area is 219 Å². The van der Waals surface area contributed by atoms with Gasteiger partial charge in [-0.25, -0.2) is 13.2 Å². The highest BCUT2D eigenvalue weighted by atomic mass is 19.2. The standard InChI is InChI=1S/C32H28F4O2/c1-3-5-27(37)23-14-12-22(13-15-23)26-18-17-25(30(34)31(26)35)21-9-6-20(7-10-21)8-11-24-16-19-28(38-4-2)32(36)29(24)33/h6-19,27,37H,3-5H2,1-2H3/b11-8+. The first-order chi connectivity index (χ1) is 18.3. The molecule has 0 bridgehead atoms. The van der Waals surface area contributed by atoms with E-state index in [1.807, 2.05) is 6.92 Å². The number of ether oxygens (including phenoxy) is 1. The highest BCUT2D eigenvalue weighted by Crippen LogP contribution is 2.33. The van der Waals surface area contributed by atoms with Crippen LogP contribution in [0.15, 0.2) is 72.8 Å². The normalized spacial score (nSPS) is 12.2. The van der Waals surface area contributed by atoms with Crippen LogP contribution in [0.1, 0.15) is 49.5 Å². The van der Waals surface area contributed by atoms with Gasteiger partial charge in [0.1, 0.15) is 0 Å². The average molecular weight is 521 g/mol. The van der Waals surface area contributed by atoms with Crippen LogP contribution >= 0.6 is 0 Å². The van der Waals surface area contributed by atoms with E-state index in [1.54, 1.807) is 61.5 Å². The SMILES string of the molecule is CCCC(O)c1ccc(-c2ccc(-c3ccc(/C=C/c4ccc(OCC)c(F)c4F)cc3)c(F)c2F)cc1. The molecule has 4 aromatic rings. The van der Waals surface area contributed by atoms with E-state index in [0.717, 1.165) is 12.0 Å². The molecule has 4 aromatic carbocycles. The second-order valence-electron chi connectivity index (χ2n) is 8.88. The Bertz CT molecular complexity index is 1430. The second kappa shape index (κ2) is 12.1. The van der Waals surface area contributed by atoms with Gasteiger partial charge in [-0.3, -0.25) is 0 Å². The molecule has 0 spiro atoms. The van der Waals surface area contributed by atoms with Crippen molar-refractivity contribution in [2.75, 3.05) is 6.61 Å². The van der Waals surface area contributed by atoms with Gasteiger partial charge in [0.25, 0.3) is 0 Å². The van der Waals surface area contributed by atoms with Crippen molar-refractivity contribution in [1.29, 1.82) is 0 Å². The Hall–Kier alpha value is -3.90. The van der Waals surface area contributed by atoms with Gasteiger partial charge < -0.3 is 9.84 Å². The Morgan fingerprint density at radius 3 is 1.82 bits per heavy atom. The lowest BCUT2D eigenvalue weighted by molar-refractivity contribution is 0.166. The van der Waals surface area contributed by atoms with Gasteiger partial charge in [0, 0.05) is 16.7 Å². The quantitative estimate of drug-likeness (QED) is 0.176. The number of aliphatic hydroxyl groups is 1. The van der Waals surface area contributed by atoms with Gasteiger partial charge in [0.15, 0.2) is 23.2 Å². The van der Waals surface area contributed by atoms with Crippen LogP contribution in [0.25, 0.3) is 34.4 Å². The third kappa shape index (κ3) is 5.81. The lowest BCUT2D eigenvalue weighted by atomic mass is 9.96. The highest BCUT2D eigenvalue weighted by molar-refractivity contribution is 5.75. The van der Waals surface area contributed by atoms with Crippen LogP contribution in [0.3, 0.4) is 0 Å². The predicted octanol–water partition coefficient (Wildman–Crippen LogP) is 8.98. The molecule has 0 aliphatic carbocycles. The van der Waals surface area contributed by atoms with Gasteiger partial charge in [0.2, 0.25) is 5.82 Å². The smallest absolute Gasteiger partial charge is 0.201 e. The third-order valence-corrected chi connectivity index (χ3v) is 6.30. The maximum Gasteiger partial charge on any atom is 0.201 e. The number of halogens is 4. The summed E-state index contributed by atoms with van der Waals surface area (Å²) in [4.78, 5) is 0. The molecule has 0 aliphatic heterocycles. The molecule has 1 unspecified atom stereocenters. The molecule has 0 saturated heterocycles. The van der Waals surface area contributed by atoms with E-state index in [-0.39, 0.29) is 29.0 Å². The van der Waals surface area contributed by atoms with E-state index in [0.29, 0.717) is 23.1 Å². The molecule has 0 radical (unpaired) electrons. The molecule has 38 heavy (non-hydrogen) atoms. The average Bonchev–Trinajstić information content (AvgIpc) is 2.93. The summed E-state index contributed by atoms with van der Waals surface area (Å²) < 4.78 is 63.6. The molecule has 0 amide bonds. The fourth-order valence-electron chi connectivity index (χ4n) is 4.22. The van der Waals surface area contributed by atoms with Crippen LogP contribution in [0.2, 0.25) is 0 Å². The van der Waals surface area contributed by atoms with Crippen LogP contribution in [0.5, 0.6) is 5.75 Å². The van der Waals surface area contributed by atoms with Crippen molar-refractivity contribution >= 4 is 12.2 Å². The van der Waals surface area contributed by atoms with E-state index in [9.17, 15) is 13.9 Å². The highest BCUT2D eigenvalue weighted by Gasteiger charge is 2.17. The summed E-state index contributed by atoms with van der Waals surface area (Å²) in [6.45, 7) is 3.89. The van der Waals surface area contributed by atoms with E-state index < -0.39 is 29.4 Å². The summed E-state index contributed by atoms with van der Waals surface area (Å²) in [6.07, 6.45) is 3.91. The summed E-state index contributed by atoms with van der Waals surface area (Å²) in [5.74, 6) is -4.12. The molecule has 0 fully saturated rings. The maximum absolute atomic E-state index is 15.1. The molecule has 4 rings (SSSR count). The van der Waals surface area contributed by atoms with Crippen LogP contribution < -0.4 is 4.74 Å². The molecule has 0 saturated carbocycles.